The Morgan fingerprint density at radius 1 is 1.23 bits per heavy atom. The third kappa shape index (κ3) is 5.95. The van der Waals surface area contributed by atoms with Crippen molar-refractivity contribution in [3.8, 4) is 17.0 Å². The lowest BCUT2D eigenvalue weighted by atomic mass is 9.97. The van der Waals surface area contributed by atoms with Crippen molar-refractivity contribution in [1.29, 1.82) is 0 Å². The number of halogens is 2. The van der Waals surface area contributed by atoms with Crippen molar-refractivity contribution in [2.45, 2.75) is 32.4 Å². The molecule has 0 spiro atoms. The number of hydrogen-bond donors (Lipinski definition) is 0. The van der Waals surface area contributed by atoms with Gasteiger partial charge in [0, 0.05) is 18.2 Å². The monoisotopic (exact) mass is 419 g/mol. The van der Waals surface area contributed by atoms with E-state index in [1.807, 2.05) is 0 Å². The van der Waals surface area contributed by atoms with E-state index < -0.39 is 17.5 Å². The van der Waals surface area contributed by atoms with Crippen molar-refractivity contribution >= 4 is 5.97 Å². The summed E-state index contributed by atoms with van der Waals surface area (Å²) in [5.74, 6) is -0.267. The van der Waals surface area contributed by atoms with E-state index in [1.54, 1.807) is 26.0 Å². The van der Waals surface area contributed by atoms with Crippen LogP contribution in [0.5, 0.6) is 5.75 Å². The SMILES string of the molecule is COC(=O)c1cnc(-c2ccc(OCC3CCN(CC(C)(C)F)CC3)cc2F)cn1. The maximum absolute atomic E-state index is 14.6. The van der Waals surface area contributed by atoms with Gasteiger partial charge in [0.15, 0.2) is 5.69 Å². The highest BCUT2D eigenvalue weighted by Crippen LogP contribution is 2.26. The fourth-order valence-corrected chi connectivity index (χ4v) is 3.53. The lowest BCUT2D eigenvalue weighted by Gasteiger charge is -2.34. The average molecular weight is 419 g/mol. The van der Waals surface area contributed by atoms with Gasteiger partial charge in [-0.05, 0) is 57.8 Å². The molecule has 1 fully saturated rings. The number of methoxy groups -OCH3 is 1. The predicted molar refractivity (Wildman–Crippen MR) is 109 cm³/mol. The van der Waals surface area contributed by atoms with Gasteiger partial charge in [0.25, 0.3) is 0 Å². The van der Waals surface area contributed by atoms with Gasteiger partial charge in [0.2, 0.25) is 0 Å². The molecule has 0 aliphatic carbocycles. The fraction of sp³-hybridized carbons (Fsp3) is 0.500. The zero-order valence-electron chi connectivity index (χ0n) is 17.5. The van der Waals surface area contributed by atoms with Gasteiger partial charge < -0.3 is 14.4 Å². The number of rotatable bonds is 7. The number of benzene rings is 1. The van der Waals surface area contributed by atoms with Crippen molar-refractivity contribution in [1.82, 2.24) is 14.9 Å². The van der Waals surface area contributed by atoms with E-state index in [2.05, 4.69) is 19.6 Å². The molecule has 1 aromatic heterocycles. The zero-order chi connectivity index (χ0) is 21.7. The number of hydrogen-bond acceptors (Lipinski definition) is 6. The van der Waals surface area contributed by atoms with Gasteiger partial charge in [0.1, 0.15) is 17.2 Å². The van der Waals surface area contributed by atoms with Gasteiger partial charge in [-0.2, -0.15) is 0 Å². The molecular weight excluding hydrogens is 392 g/mol. The molecule has 3 rings (SSSR count). The molecule has 0 radical (unpaired) electrons. The number of carbonyl (C=O) groups excluding carboxylic acids is 1. The third-order valence-electron chi connectivity index (χ3n) is 5.06. The van der Waals surface area contributed by atoms with Crippen LogP contribution < -0.4 is 4.74 Å². The zero-order valence-corrected chi connectivity index (χ0v) is 17.5. The molecule has 1 aromatic carbocycles. The number of likely N-dealkylation sites (tertiary alicyclic amines) is 1. The van der Waals surface area contributed by atoms with E-state index in [9.17, 15) is 13.6 Å². The summed E-state index contributed by atoms with van der Waals surface area (Å²) >= 11 is 0. The van der Waals surface area contributed by atoms with Crippen LogP contribution in [0, 0.1) is 11.7 Å². The van der Waals surface area contributed by atoms with Crippen molar-refractivity contribution in [2.24, 2.45) is 5.92 Å². The van der Waals surface area contributed by atoms with Gasteiger partial charge in [-0.15, -0.1) is 0 Å². The van der Waals surface area contributed by atoms with Gasteiger partial charge >= 0.3 is 5.97 Å². The standard InChI is InChI=1S/C22H27F2N3O3/c1-22(2,24)14-27-8-6-15(7-9-27)13-30-16-4-5-17(18(23)10-16)19-11-26-20(12-25-19)21(28)29-3/h4-5,10-12,15H,6-9,13-14H2,1-3H3. The number of ether oxygens (including phenoxy) is 2. The first-order valence-electron chi connectivity index (χ1n) is 9.99. The van der Waals surface area contributed by atoms with E-state index >= 15 is 0 Å². The average Bonchev–Trinajstić information content (AvgIpc) is 2.72. The molecule has 1 aliphatic rings. The molecule has 162 valence electrons. The highest BCUT2D eigenvalue weighted by molar-refractivity contribution is 5.86. The van der Waals surface area contributed by atoms with Crippen LogP contribution in [0.15, 0.2) is 30.6 Å². The normalized spacial score (nSPS) is 15.8. The Balaban J connectivity index is 1.54. The largest absolute Gasteiger partial charge is 0.493 e. The van der Waals surface area contributed by atoms with Crippen LogP contribution in [-0.2, 0) is 4.74 Å². The summed E-state index contributed by atoms with van der Waals surface area (Å²) < 4.78 is 38.7. The topological polar surface area (TPSA) is 64.6 Å². The van der Waals surface area contributed by atoms with Crippen molar-refractivity contribution in [3.63, 3.8) is 0 Å². The number of carbonyl (C=O) groups is 1. The molecule has 1 saturated heterocycles. The summed E-state index contributed by atoms with van der Waals surface area (Å²) in [7, 11) is 1.25. The van der Waals surface area contributed by atoms with Crippen LogP contribution >= 0.6 is 0 Å². The second-order valence-corrected chi connectivity index (χ2v) is 8.17. The number of aromatic nitrogens is 2. The molecule has 2 aromatic rings. The van der Waals surface area contributed by atoms with E-state index in [0.717, 1.165) is 25.9 Å². The molecule has 8 heteroatoms. The van der Waals surface area contributed by atoms with Gasteiger partial charge in [-0.25, -0.2) is 18.6 Å². The summed E-state index contributed by atoms with van der Waals surface area (Å²) in [5.41, 5.74) is -0.543. The highest BCUT2D eigenvalue weighted by Gasteiger charge is 2.25. The lowest BCUT2D eigenvalue weighted by Crippen LogP contribution is -2.41. The molecule has 0 atom stereocenters. The van der Waals surface area contributed by atoms with E-state index in [1.165, 1.54) is 25.6 Å². The van der Waals surface area contributed by atoms with Gasteiger partial charge in [0.05, 0.1) is 31.8 Å². The first-order valence-corrected chi connectivity index (χ1v) is 9.99. The Labute approximate surface area is 175 Å². The second-order valence-electron chi connectivity index (χ2n) is 8.17. The molecule has 0 amide bonds. The van der Waals surface area contributed by atoms with E-state index in [4.69, 9.17) is 4.74 Å². The first kappa shape index (κ1) is 22.1. The van der Waals surface area contributed by atoms with Gasteiger partial charge in [-0.1, -0.05) is 0 Å². The molecule has 0 N–H and O–H groups in total. The van der Waals surface area contributed by atoms with E-state index in [0.29, 0.717) is 30.5 Å². The molecule has 0 bridgehead atoms. The van der Waals surface area contributed by atoms with Crippen LogP contribution in [-0.4, -0.2) is 59.9 Å². The minimum absolute atomic E-state index is 0.0581. The molecule has 0 unspecified atom stereocenters. The van der Waals surface area contributed by atoms with Gasteiger partial charge in [-0.3, -0.25) is 4.98 Å². The third-order valence-corrected chi connectivity index (χ3v) is 5.06. The number of alkyl halides is 1. The summed E-state index contributed by atoms with van der Waals surface area (Å²) in [6, 6.07) is 4.60. The Kier molecular flexibility index (Phi) is 6.97. The smallest absolute Gasteiger partial charge is 0.358 e. The predicted octanol–water partition coefficient (Wildman–Crippen LogP) is 3.91. The molecular formula is C22H27F2N3O3. The molecule has 2 heterocycles. The van der Waals surface area contributed by atoms with Crippen LogP contribution in [0.1, 0.15) is 37.2 Å². The Morgan fingerprint density at radius 3 is 2.53 bits per heavy atom. The van der Waals surface area contributed by atoms with E-state index in [-0.39, 0.29) is 11.3 Å². The Bertz CT molecular complexity index is 861. The summed E-state index contributed by atoms with van der Waals surface area (Å²) in [6.45, 7) is 5.82. The maximum atomic E-state index is 14.6. The molecule has 1 aliphatic heterocycles. The minimum Gasteiger partial charge on any atom is -0.493 e. The van der Waals surface area contributed by atoms with Crippen LogP contribution in [0.25, 0.3) is 11.3 Å². The van der Waals surface area contributed by atoms with Crippen LogP contribution in [0.4, 0.5) is 8.78 Å². The summed E-state index contributed by atoms with van der Waals surface area (Å²) in [4.78, 5) is 21.6. The van der Waals surface area contributed by atoms with Crippen molar-refractivity contribution in [2.75, 3.05) is 33.4 Å². The molecule has 6 nitrogen and oxygen atoms in total. The lowest BCUT2D eigenvalue weighted by molar-refractivity contribution is 0.0593. The van der Waals surface area contributed by atoms with Crippen molar-refractivity contribution < 1.29 is 23.0 Å². The maximum Gasteiger partial charge on any atom is 0.358 e. The number of piperidine rings is 1. The molecule has 30 heavy (non-hydrogen) atoms. The fourth-order valence-electron chi connectivity index (χ4n) is 3.53. The minimum atomic E-state index is -1.19. The van der Waals surface area contributed by atoms with Crippen LogP contribution in [0.2, 0.25) is 0 Å². The highest BCUT2D eigenvalue weighted by atomic mass is 19.1. The van der Waals surface area contributed by atoms with Crippen molar-refractivity contribution in [3.05, 3.63) is 42.1 Å². The Hall–Kier alpha value is -2.61. The quantitative estimate of drug-likeness (QED) is 0.634. The number of esters is 1. The summed E-state index contributed by atoms with van der Waals surface area (Å²) in [6.07, 6.45) is 4.44. The second kappa shape index (κ2) is 9.47. The summed E-state index contributed by atoms with van der Waals surface area (Å²) in [5, 5.41) is 0. The Morgan fingerprint density at radius 2 is 1.97 bits per heavy atom. The first-order chi connectivity index (χ1) is 14.2. The number of nitrogens with zero attached hydrogens (tertiary/aromatic N) is 3. The molecule has 0 saturated carbocycles. The van der Waals surface area contributed by atoms with Crippen LogP contribution in [0.3, 0.4) is 0 Å².